The van der Waals surface area contributed by atoms with Crippen molar-refractivity contribution in [2.75, 3.05) is 25.0 Å². The van der Waals surface area contributed by atoms with Crippen LogP contribution in [0.2, 0.25) is 5.02 Å². The van der Waals surface area contributed by atoms with Gasteiger partial charge in [-0.05, 0) is 47.7 Å². The second kappa shape index (κ2) is 13.1. The fraction of sp³-hybridized carbons (Fsp3) is 0.292. The lowest BCUT2D eigenvalue weighted by Gasteiger charge is -2.22. The van der Waals surface area contributed by atoms with Crippen LogP contribution >= 0.6 is 11.6 Å². The first-order chi connectivity index (χ1) is 17.2. The quantitative estimate of drug-likeness (QED) is 0.261. The molecule has 1 aromatic heterocycles. The number of nitrogens with one attached hydrogen (secondary N) is 3. The van der Waals surface area contributed by atoms with Crippen LogP contribution in [0.3, 0.4) is 0 Å². The van der Waals surface area contributed by atoms with Gasteiger partial charge in [0.15, 0.2) is 0 Å². The van der Waals surface area contributed by atoms with Crippen LogP contribution < -0.4 is 27.4 Å². The highest BCUT2D eigenvalue weighted by Gasteiger charge is 2.18. The largest absolute Gasteiger partial charge is 0.447 e. The molecule has 1 unspecified atom stereocenters. The maximum Gasteiger partial charge on any atom is 0.412 e. The summed E-state index contributed by atoms with van der Waals surface area (Å²) in [5, 5.41) is 9.36. The number of carbonyl (C=O) groups excluding carboxylic acids is 2. The highest BCUT2D eigenvalue weighted by atomic mass is 35.5. The van der Waals surface area contributed by atoms with Gasteiger partial charge in [0.1, 0.15) is 24.1 Å². The summed E-state index contributed by atoms with van der Waals surface area (Å²) in [7, 11) is 0. The molecule has 9 nitrogen and oxygen atoms in total. The number of pyridine rings is 1. The van der Waals surface area contributed by atoms with E-state index in [2.05, 4.69) is 20.9 Å². The van der Waals surface area contributed by atoms with E-state index < -0.39 is 29.8 Å². The van der Waals surface area contributed by atoms with Crippen LogP contribution in [0.1, 0.15) is 12.0 Å². The Hall–Kier alpha value is -3.38. The molecule has 0 aliphatic carbocycles. The predicted molar refractivity (Wildman–Crippen MR) is 133 cm³/mol. The van der Waals surface area contributed by atoms with Crippen molar-refractivity contribution in [3.63, 3.8) is 0 Å². The minimum absolute atomic E-state index is 0.0114. The zero-order valence-electron chi connectivity index (χ0n) is 19.3. The van der Waals surface area contributed by atoms with E-state index in [9.17, 15) is 18.4 Å². The molecular formula is C24H27ClF2N6O3. The molecule has 2 amide bonds. The van der Waals surface area contributed by atoms with Crippen molar-refractivity contribution in [1.82, 2.24) is 15.6 Å². The molecule has 3 rings (SSSR count). The summed E-state index contributed by atoms with van der Waals surface area (Å²) in [5.74, 6) is -1.17. The van der Waals surface area contributed by atoms with Crippen LogP contribution in [-0.4, -0.2) is 48.8 Å². The molecule has 2 aromatic carbocycles. The summed E-state index contributed by atoms with van der Waals surface area (Å²) < 4.78 is 32.2. The highest BCUT2D eigenvalue weighted by Crippen LogP contribution is 2.19. The van der Waals surface area contributed by atoms with Crippen molar-refractivity contribution < 1.29 is 23.1 Å². The molecule has 12 heteroatoms. The molecule has 7 N–H and O–H groups in total. The molecule has 0 saturated carbocycles. The normalized spacial score (nSPS) is 12.7. The maximum atomic E-state index is 13.5. The van der Waals surface area contributed by atoms with Crippen molar-refractivity contribution in [3.05, 3.63) is 70.9 Å². The minimum Gasteiger partial charge on any atom is -0.447 e. The first-order valence-electron chi connectivity index (χ1n) is 11.1. The van der Waals surface area contributed by atoms with Crippen molar-refractivity contribution >= 4 is 40.2 Å². The van der Waals surface area contributed by atoms with Crippen LogP contribution in [0.25, 0.3) is 10.8 Å². The fourth-order valence-corrected chi connectivity index (χ4v) is 3.59. The van der Waals surface area contributed by atoms with E-state index in [1.165, 1.54) is 36.5 Å². The predicted octanol–water partition coefficient (Wildman–Crippen LogP) is 2.67. The Balaban J connectivity index is 1.51. The van der Waals surface area contributed by atoms with Gasteiger partial charge < -0.3 is 26.8 Å². The van der Waals surface area contributed by atoms with Crippen LogP contribution in [0.5, 0.6) is 0 Å². The molecule has 0 aliphatic heterocycles. The lowest BCUT2D eigenvalue weighted by Crippen LogP contribution is -2.47. The lowest BCUT2D eigenvalue weighted by molar-refractivity contribution is -0.121. The number of aromatic nitrogens is 1. The average Bonchev–Trinajstić information content (AvgIpc) is 2.84. The molecule has 0 bridgehead atoms. The Morgan fingerprint density at radius 2 is 1.94 bits per heavy atom. The zero-order chi connectivity index (χ0) is 26.1. The van der Waals surface area contributed by atoms with E-state index in [1.54, 1.807) is 12.1 Å². The van der Waals surface area contributed by atoms with Gasteiger partial charge in [-0.2, -0.15) is 0 Å². The van der Waals surface area contributed by atoms with Gasteiger partial charge in [-0.15, -0.1) is 0 Å². The standard InChI is InChI=1S/C24H27ClF2N6O3/c25-23-15(2-1-3-20(23)27)10-30-12-22(34)32-19(8-18(29)9-28)13-36-24(35)33-21-7-16-6-17(26)5-4-14(16)11-31-21/h1-7,11,18-19,30H,8-10,12-13,28-29H2,(H,32,34)(H,31,33,35)/t18?,19-/m0/s1. The monoisotopic (exact) mass is 520 g/mol. The van der Waals surface area contributed by atoms with Gasteiger partial charge in [-0.1, -0.05) is 23.7 Å². The van der Waals surface area contributed by atoms with Crippen molar-refractivity contribution in [3.8, 4) is 0 Å². The van der Waals surface area contributed by atoms with Crippen LogP contribution in [0.4, 0.5) is 19.4 Å². The molecule has 36 heavy (non-hydrogen) atoms. The number of benzene rings is 2. The van der Waals surface area contributed by atoms with E-state index in [0.717, 1.165) is 0 Å². The van der Waals surface area contributed by atoms with E-state index in [1.807, 2.05) is 0 Å². The minimum atomic E-state index is -0.808. The fourth-order valence-electron chi connectivity index (χ4n) is 3.40. The van der Waals surface area contributed by atoms with Gasteiger partial charge in [0.2, 0.25) is 5.91 Å². The Labute approximate surface area is 211 Å². The van der Waals surface area contributed by atoms with Gasteiger partial charge in [-0.25, -0.2) is 18.6 Å². The molecular weight excluding hydrogens is 494 g/mol. The average molecular weight is 521 g/mol. The Kier molecular flexibility index (Phi) is 9.88. The SMILES string of the molecule is NCC(N)C[C@@H](COC(=O)Nc1cc2cc(F)ccc2cn1)NC(=O)CNCc1cccc(F)c1Cl. The summed E-state index contributed by atoms with van der Waals surface area (Å²) in [6.45, 7) is 0.0825. The first kappa shape index (κ1) is 27.2. The number of anilines is 1. The van der Waals surface area contributed by atoms with Crippen LogP contribution in [-0.2, 0) is 16.1 Å². The van der Waals surface area contributed by atoms with Crippen molar-refractivity contribution in [1.29, 1.82) is 0 Å². The molecule has 2 atom stereocenters. The number of hydrogen-bond acceptors (Lipinski definition) is 7. The van der Waals surface area contributed by atoms with Gasteiger partial charge in [0.05, 0.1) is 17.6 Å². The lowest BCUT2D eigenvalue weighted by atomic mass is 10.1. The number of amides is 2. The van der Waals surface area contributed by atoms with E-state index in [0.29, 0.717) is 16.3 Å². The highest BCUT2D eigenvalue weighted by molar-refractivity contribution is 6.31. The van der Waals surface area contributed by atoms with E-state index in [-0.39, 0.29) is 49.4 Å². The summed E-state index contributed by atoms with van der Waals surface area (Å²) in [6.07, 6.45) is 0.953. The number of carbonyl (C=O) groups is 2. The van der Waals surface area contributed by atoms with Gasteiger partial charge in [-0.3, -0.25) is 10.1 Å². The number of rotatable bonds is 11. The molecule has 0 spiro atoms. The molecule has 0 radical (unpaired) electrons. The summed E-state index contributed by atoms with van der Waals surface area (Å²) in [5.41, 5.74) is 12.0. The number of hydrogen-bond donors (Lipinski definition) is 5. The van der Waals surface area contributed by atoms with Gasteiger partial charge in [0.25, 0.3) is 0 Å². The van der Waals surface area contributed by atoms with E-state index in [4.69, 9.17) is 27.8 Å². The molecule has 3 aromatic rings. The van der Waals surface area contributed by atoms with Crippen LogP contribution in [0, 0.1) is 11.6 Å². The summed E-state index contributed by atoms with van der Waals surface area (Å²) in [4.78, 5) is 28.8. The van der Waals surface area contributed by atoms with Gasteiger partial charge in [0, 0.05) is 30.7 Å². The van der Waals surface area contributed by atoms with Crippen molar-refractivity contribution in [2.24, 2.45) is 11.5 Å². The molecule has 0 aliphatic rings. The second-order valence-electron chi connectivity index (χ2n) is 8.10. The third-order valence-corrected chi connectivity index (χ3v) is 5.64. The van der Waals surface area contributed by atoms with E-state index >= 15 is 0 Å². The maximum absolute atomic E-state index is 13.5. The Morgan fingerprint density at radius 1 is 1.14 bits per heavy atom. The first-order valence-corrected chi connectivity index (χ1v) is 11.5. The molecule has 1 heterocycles. The third kappa shape index (κ3) is 8.09. The smallest absolute Gasteiger partial charge is 0.412 e. The summed E-state index contributed by atoms with van der Waals surface area (Å²) >= 11 is 5.91. The topological polar surface area (TPSA) is 144 Å². The molecule has 0 saturated heterocycles. The third-order valence-electron chi connectivity index (χ3n) is 5.22. The van der Waals surface area contributed by atoms with Gasteiger partial charge >= 0.3 is 6.09 Å². The summed E-state index contributed by atoms with van der Waals surface area (Å²) in [6, 6.07) is 9.11. The number of nitrogens with two attached hydrogens (primary N) is 2. The number of nitrogens with zero attached hydrogens (tertiary/aromatic N) is 1. The Morgan fingerprint density at radius 3 is 2.72 bits per heavy atom. The second-order valence-corrected chi connectivity index (χ2v) is 8.47. The number of ether oxygens (including phenoxy) is 1. The molecule has 192 valence electrons. The molecule has 0 fully saturated rings. The number of halogens is 3. The zero-order valence-corrected chi connectivity index (χ0v) is 20.0. The van der Waals surface area contributed by atoms with Crippen LogP contribution in [0.15, 0.2) is 48.7 Å². The Bertz CT molecular complexity index is 1220. The van der Waals surface area contributed by atoms with Crippen molar-refractivity contribution in [2.45, 2.75) is 25.0 Å². The number of fused-ring (bicyclic) bond motifs is 1.